The van der Waals surface area contributed by atoms with Gasteiger partial charge in [0.05, 0.1) is 11.5 Å². The molecule has 0 heterocycles. The molecule has 7 heteroatoms. The third kappa shape index (κ3) is 5.57. The van der Waals surface area contributed by atoms with Crippen LogP contribution in [0.2, 0.25) is 0 Å². The molecule has 1 amide bonds. The predicted molar refractivity (Wildman–Crippen MR) is 102 cm³/mol. The Kier molecular flexibility index (Phi) is 7.17. The number of unbranched alkanes of at least 4 members (excludes halogenated alkanes) is 1. The van der Waals surface area contributed by atoms with Crippen molar-refractivity contribution in [1.29, 1.82) is 0 Å². The fraction of sp³-hybridized carbons (Fsp3) is 0.316. The molecule has 0 aromatic heterocycles. The first kappa shape index (κ1) is 19.9. The van der Waals surface area contributed by atoms with Crippen LogP contribution in [0.15, 0.2) is 53.4 Å². The van der Waals surface area contributed by atoms with E-state index in [4.69, 9.17) is 4.74 Å². The van der Waals surface area contributed by atoms with E-state index in [1.807, 2.05) is 13.8 Å². The molecule has 2 aromatic carbocycles. The van der Waals surface area contributed by atoms with Crippen molar-refractivity contribution >= 4 is 21.6 Å². The highest BCUT2D eigenvalue weighted by Gasteiger charge is 2.13. The number of sulfonamides is 1. The van der Waals surface area contributed by atoms with Crippen molar-refractivity contribution in [2.24, 2.45) is 0 Å². The van der Waals surface area contributed by atoms with Crippen molar-refractivity contribution < 1.29 is 17.9 Å². The Morgan fingerprint density at radius 2 is 1.65 bits per heavy atom. The molecule has 0 saturated heterocycles. The van der Waals surface area contributed by atoms with Crippen molar-refractivity contribution in [3.8, 4) is 5.75 Å². The third-order valence-electron chi connectivity index (χ3n) is 3.67. The van der Waals surface area contributed by atoms with E-state index in [9.17, 15) is 13.2 Å². The fourth-order valence-electron chi connectivity index (χ4n) is 2.26. The average Bonchev–Trinajstić information content (AvgIpc) is 2.63. The Morgan fingerprint density at radius 3 is 2.23 bits per heavy atom. The molecular weight excluding hydrogens is 352 g/mol. The molecule has 0 radical (unpaired) electrons. The van der Waals surface area contributed by atoms with Crippen LogP contribution in [0, 0.1) is 0 Å². The van der Waals surface area contributed by atoms with E-state index < -0.39 is 10.0 Å². The highest BCUT2D eigenvalue weighted by Crippen LogP contribution is 2.17. The molecule has 0 bridgehead atoms. The van der Waals surface area contributed by atoms with Crippen molar-refractivity contribution in [3.05, 3.63) is 54.1 Å². The van der Waals surface area contributed by atoms with Crippen LogP contribution in [0.4, 0.5) is 5.69 Å². The number of rotatable bonds is 9. The van der Waals surface area contributed by atoms with Gasteiger partial charge in [-0.2, -0.15) is 0 Å². The summed E-state index contributed by atoms with van der Waals surface area (Å²) in [6.45, 7) is 4.86. The molecule has 2 aromatic rings. The van der Waals surface area contributed by atoms with Gasteiger partial charge >= 0.3 is 0 Å². The number of amides is 1. The maximum atomic E-state index is 12.3. The van der Waals surface area contributed by atoms with E-state index in [0.29, 0.717) is 30.2 Å². The van der Waals surface area contributed by atoms with Gasteiger partial charge < -0.3 is 10.1 Å². The summed E-state index contributed by atoms with van der Waals surface area (Å²) < 4.78 is 32.2. The minimum atomic E-state index is -3.52. The molecule has 0 aliphatic rings. The van der Waals surface area contributed by atoms with Crippen LogP contribution in [0.25, 0.3) is 0 Å². The van der Waals surface area contributed by atoms with Crippen LogP contribution in [-0.2, 0) is 10.0 Å². The van der Waals surface area contributed by atoms with Gasteiger partial charge in [-0.25, -0.2) is 13.1 Å². The summed E-state index contributed by atoms with van der Waals surface area (Å²) in [6, 6.07) is 12.9. The summed E-state index contributed by atoms with van der Waals surface area (Å²) in [7, 11) is -3.52. The third-order valence-corrected chi connectivity index (χ3v) is 5.15. The Balaban J connectivity index is 2.01. The quantitative estimate of drug-likeness (QED) is 0.657. The van der Waals surface area contributed by atoms with Crippen molar-refractivity contribution in [2.75, 3.05) is 18.5 Å². The monoisotopic (exact) mass is 376 g/mol. The topological polar surface area (TPSA) is 84.5 Å². The Bertz CT molecular complexity index is 816. The number of hydrogen-bond donors (Lipinski definition) is 2. The van der Waals surface area contributed by atoms with Crippen LogP contribution in [-0.4, -0.2) is 27.5 Å². The molecule has 0 aliphatic heterocycles. The molecule has 0 atom stereocenters. The largest absolute Gasteiger partial charge is 0.494 e. The fourth-order valence-corrected chi connectivity index (χ4v) is 3.33. The lowest BCUT2D eigenvalue weighted by Gasteiger charge is -2.09. The standard InChI is InChI=1S/C19H24N2O4S/c1-3-5-14-20-26(23,24)18-12-8-16(9-13-18)21-19(22)15-6-10-17(11-7-15)25-4-2/h6-13,20H,3-5,14H2,1-2H3,(H,21,22). The predicted octanol–water partition coefficient (Wildman–Crippen LogP) is 3.42. The lowest BCUT2D eigenvalue weighted by Crippen LogP contribution is -2.24. The molecule has 26 heavy (non-hydrogen) atoms. The highest BCUT2D eigenvalue weighted by molar-refractivity contribution is 7.89. The van der Waals surface area contributed by atoms with Gasteiger partial charge in [0.15, 0.2) is 0 Å². The second-order valence-corrected chi connectivity index (χ2v) is 7.45. The molecule has 0 spiro atoms. The molecule has 140 valence electrons. The second-order valence-electron chi connectivity index (χ2n) is 5.69. The molecule has 0 aliphatic carbocycles. The summed E-state index contributed by atoms with van der Waals surface area (Å²) in [6.07, 6.45) is 1.70. The number of benzene rings is 2. The SMILES string of the molecule is CCCCNS(=O)(=O)c1ccc(NC(=O)c2ccc(OCC)cc2)cc1. The first-order valence-corrected chi connectivity index (χ1v) is 10.1. The number of ether oxygens (including phenoxy) is 1. The lowest BCUT2D eigenvalue weighted by molar-refractivity contribution is 0.102. The van der Waals surface area contributed by atoms with E-state index in [-0.39, 0.29) is 10.8 Å². The zero-order chi connectivity index (χ0) is 19.0. The second kappa shape index (κ2) is 9.35. The summed E-state index contributed by atoms with van der Waals surface area (Å²) >= 11 is 0. The normalized spacial score (nSPS) is 11.2. The molecule has 0 unspecified atom stereocenters. The van der Waals surface area contributed by atoms with E-state index in [1.165, 1.54) is 12.1 Å². The first-order valence-electron chi connectivity index (χ1n) is 8.60. The summed E-state index contributed by atoms with van der Waals surface area (Å²) in [4.78, 5) is 12.4. The Morgan fingerprint density at radius 1 is 1.00 bits per heavy atom. The van der Waals surface area contributed by atoms with Gasteiger partial charge in [-0.1, -0.05) is 13.3 Å². The van der Waals surface area contributed by atoms with Gasteiger partial charge in [0.1, 0.15) is 5.75 Å². The van der Waals surface area contributed by atoms with Gasteiger partial charge in [0, 0.05) is 17.8 Å². The van der Waals surface area contributed by atoms with Gasteiger partial charge in [-0.3, -0.25) is 4.79 Å². The molecule has 6 nitrogen and oxygen atoms in total. The summed E-state index contributed by atoms with van der Waals surface area (Å²) in [5, 5.41) is 2.75. The van der Waals surface area contributed by atoms with Crippen molar-refractivity contribution in [1.82, 2.24) is 4.72 Å². The van der Waals surface area contributed by atoms with Crippen molar-refractivity contribution in [2.45, 2.75) is 31.6 Å². The molecule has 2 N–H and O–H groups in total. The van der Waals surface area contributed by atoms with Gasteiger partial charge in [-0.05, 0) is 61.9 Å². The van der Waals surface area contributed by atoms with Crippen LogP contribution in [0.1, 0.15) is 37.0 Å². The average molecular weight is 376 g/mol. The van der Waals surface area contributed by atoms with Gasteiger partial charge in [0.25, 0.3) is 5.91 Å². The van der Waals surface area contributed by atoms with Crippen LogP contribution >= 0.6 is 0 Å². The molecule has 2 rings (SSSR count). The van der Waals surface area contributed by atoms with Crippen LogP contribution < -0.4 is 14.8 Å². The Labute approximate surface area is 154 Å². The maximum Gasteiger partial charge on any atom is 0.255 e. The van der Waals surface area contributed by atoms with E-state index in [1.54, 1.807) is 36.4 Å². The minimum Gasteiger partial charge on any atom is -0.494 e. The van der Waals surface area contributed by atoms with Gasteiger partial charge in [0.2, 0.25) is 10.0 Å². The van der Waals surface area contributed by atoms with Crippen molar-refractivity contribution in [3.63, 3.8) is 0 Å². The number of carbonyl (C=O) groups is 1. The van der Waals surface area contributed by atoms with E-state index >= 15 is 0 Å². The highest BCUT2D eigenvalue weighted by atomic mass is 32.2. The minimum absolute atomic E-state index is 0.174. The summed E-state index contributed by atoms with van der Waals surface area (Å²) in [5.74, 6) is 0.430. The summed E-state index contributed by atoms with van der Waals surface area (Å²) in [5.41, 5.74) is 1.02. The lowest BCUT2D eigenvalue weighted by atomic mass is 10.2. The smallest absolute Gasteiger partial charge is 0.255 e. The number of hydrogen-bond acceptors (Lipinski definition) is 4. The maximum absolute atomic E-state index is 12.3. The van der Waals surface area contributed by atoms with E-state index in [2.05, 4.69) is 10.0 Å². The number of anilines is 1. The number of carbonyl (C=O) groups excluding carboxylic acids is 1. The van der Waals surface area contributed by atoms with Gasteiger partial charge in [-0.15, -0.1) is 0 Å². The molecule has 0 fully saturated rings. The zero-order valence-electron chi connectivity index (χ0n) is 15.0. The van der Waals surface area contributed by atoms with Crippen LogP contribution in [0.5, 0.6) is 5.75 Å². The molecule has 0 saturated carbocycles. The Hall–Kier alpha value is -2.38. The van der Waals surface area contributed by atoms with Crippen LogP contribution in [0.3, 0.4) is 0 Å². The molecular formula is C19H24N2O4S. The zero-order valence-corrected chi connectivity index (χ0v) is 15.8. The first-order chi connectivity index (χ1) is 12.5. The number of nitrogens with one attached hydrogen (secondary N) is 2. The van der Waals surface area contributed by atoms with E-state index in [0.717, 1.165) is 12.8 Å².